The fraction of sp³-hybridized carbons (Fsp3) is 0.571. The maximum Gasteiger partial charge on any atom is 0.306 e. The maximum absolute atomic E-state index is 12.4. The van der Waals surface area contributed by atoms with Gasteiger partial charge in [-0.2, -0.15) is 0 Å². The third-order valence-corrected chi connectivity index (χ3v) is 5.34. The van der Waals surface area contributed by atoms with Crippen LogP contribution in [0.5, 0.6) is 0 Å². The first-order valence-electron chi connectivity index (χ1n) is 6.68. The molecule has 1 fully saturated rings. The van der Waals surface area contributed by atoms with Gasteiger partial charge in [-0.15, -0.1) is 11.3 Å². The molecule has 2 atom stereocenters. The van der Waals surface area contributed by atoms with E-state index in [-0.39, 0.29) is 17.7 Å². The van der Waals surface area contributed by atoms with E-state index in [0.29, 0.717) is 19.4 Å². The summed E-state index contributed by atoms with van der Waals surface area (Å²) in [7, 11) is 1.79. The van der Waals surface area contributed by atoms with Gasteiger partial charge in [-0.25, -0.2) is 0 Å². The van der Waals surface area contributed by atoms with Crippen molar-refractivity contribution in [3.8, 4) is 0 Å². The summed E-state index contributed by atoms with van der Waals surface area (Å²) in [6.07, 6.45) is 2.80. The topological polar surface area (TPSA) is 57.6 Å². The molecule has 1 heterocycles. The van der Waals surface area contributed by atoms with Crippen LogP contribution in [0.15, 0.2) is 15.2 Å². The third-order valence-electron chi connectivity index (χ3n) is 3.79. The molecular formula is C14H18BrNO3S. The van der Waals surface area contributed by atoms with Crippen molar-refractivity contribution in [2.45, 2.75) is 32.2 Å². The van der Waals surface area contributed by atoms with Crippen molar-refractivity contribution in [2.75, 3.05) is 7.05 Å². The molecule has 6 heteroatoms. The van der Waals surface area contributed by atoms with E-state index in [1.165, 1.54) is 0 Å². The van der Waals surface area contributed by atoms with Gasteiger partial charge in [0.1, 0.15) is 0 Å². The van der Waals surface area contributed by atoms with Gasteiger partial charge < -0.3 is 10.0 Å². The zero-order valence-electron chi connectivity index (χ0n) is 11.3. The Morgan fingerprint density at radius 1 is 1.45 bits per heavy atom. The molecule has 1 aromatic heterocycles. The number of thiophene rings is 1. The predicted molar refractivity (Wildman–Crippen MR) is 81.6 cm³/mol. The van der Waals surface area contributed by atoms with Crippen molar-refractivity contribution in [3.05, 3.63) is 20.8 Å². The van der Waals surface area contributed by atoms with Gasteiger partial charge in [0.2, 0.25) is 5.91 Å². The van der Waals surface area contributed by atoms with Gasteiger partial charge >= 0.3 is 5.97 Å². The lowest BCUT2D eigenvalue weighted by Gasteiger charge is -2.29. The van der Waals surface area contributed by atoms with Gasteiger partial charge in [-0.1, -0.05) is 6.42 Å². The van der Waals surface area contributed by atoms with Crippen LogP contribution in [0.2, 0.25) is 0 Å². The third kappa shape index (κ3) is 3.82. The Kier molecular flexibility index (Phi) is 5.21. The fourth-order valence-corrected chi connectivity index (χ4v) is 3.93. The summed E-state index contributed by atoms with van der Waals surface area (Å²) in [5.41, 5.74) is 1.10. The lowest BCUT2D eigenvalue weighted by molar-refractivity contribution is -0.145. The van der Waals surface area contributed by atoms with E-state index < -0.39 is 5.97 Å². The monoisotopic (exact) mass is 359 g/mol. The minimum atomic E-state index is -0.771. The number of halogens is 1. The van der Waals surface area contributed by atoms with E-state index >= 15 is 0 Å². The Morgan fingerprint density at radius 2 is 2.15 bits per heavy atom. The van der Waals surface area contributed by atoms with Crippen molar-refractivity contribution in [3.63, 3.8) is 0 Å². The van der Waals surface area contributed by atoms with Crippen molar-refractivity contribution >= 4 is 39.1 Å². The highest BCUT2D eigenvalue weighted by atomic mass is 79.9. The van der Waals surface area contributed by atoms with Crippen molar-refractivity contribution in [1.82, 2.24) is 4.90 Å². The van der Waals surface area contributed by atoms with E-state index in [2.05, 4.69) is 15.9 Å². The number of hydrogen-bond donors (Lipinski definition) is 1. The van der Waals surface area contributed by atoms with Crippen LogP contribution < -0.4 is 0 Å². The number of carboxylic acid groups (broad SMARTS) is 1. The number of amides is 1. The number of carboxylic acids is 1. The van der Waals surface area contributed by atoms with Gasteiger partial charge in [0, 0.05) is 19.5 Å². The first-order valence-corrected chi connectivity index (χ1v) is 8.35. The summed E-state index contributed by atoms with van der Waals surface area (Å²) in [5, 5.41) is 11.1. The minimum absolute atomic E-state index is 0.0678. The Morgan fingerprint density at radius 3 is 2.75 bits per heavy atom. The van der Waals surface area contributed by atoms with E-state index in [1.807, 2.05) is 11.4 Å². The molecule has 0 unspecified atom stereocenters. The number of nitrogens with zero attached hydrogens (tertiary/aromatic N) is 1. The average Bonchev–Trinajstić information content (AvgIpc) is 2.83. The lowest BCUT2D eigenvalue weighted by atomic mass is 9.81. The van der Waals surface area contributed by atoms with Crippen LogP contribution in [0.4, 0.5) is 0 Å². The molecule has 1 aromatic rings. The van der Waals surface area contributed by atoms with Crippen LogP contribution in [0.3, 0.4) is 0 Å². The first kappa shape index (κ1) is 15.5. The number of aliphatic carboxylic acids is 1. The molecule has 1 aliphatic rings. The molecule has 0 spiro atoms. The first-order chi connectivity index (χ1) is 9.47. The van der Waals surface area contributed by atoms with Crippen LogP contribution in [0, 0.1) is 11.8 Å². The van der Waals surface area contributed by atoms with E-state index in [9.17, 15) is 9.59 Å². The second kappa shape index (κ2) is 6.72. The zero-order chi connectivity index (χ0) is 14.7. The molecule has 1 aliphatic carbocycles. The molecule has 4 nitrogen and oxygen atoms in total. The molecule has 0 bridgehead atoms. The van der Waals surface area contributed by atoms with Crippen LogP contribution in [0.25, 0.3) is 0 Å². The molecule has 0 aromatic carbocycles. The highest BCUT2D eigenvalue weighted by Gasteiger charge is 2.32. The van der Waals surface area contributed by atoms with E-state index in [4.69, 9.17) is 5.11 Å². The van der Waals surface area contributed by atoms with Crippen molar-refractivity contribution < 1.29 is 14.7 Å². The second-order valence-corrected chi connectivity index (χ2v) is 7.64. The van der Waals surface area contributed by atoms with Gasteiger partial charge in [0.15, 0.2) is 0 Å². The molecule has 1 amide bonds. The van der Waals surface area contributed by atoms with Crippen LogP contribution in [-0.2, 0) is 16.1 Å². The lowest BCUT2D eigenvalue weighted by Crippen LogP contribution is -2.36. The number of carbonyl (C=O) groups is 2. The van der Waals surface area contributed by atoms with E-state index in [1.54, 1.807) is 23.3 Å². The highest BCUT2D eigenvalue weighted by Crippen LogP contribution is 2.31. The Labute approximate surface area is 130 Å². The predicted octanol–water partition coefficient (Wildman–Crippen LogP) is 3.36. The molecule has 1 N–H and O–H groups in total. The standard InChI is InChI=1S/C14H18BrNO3S/c1-16(7-9-5-12(15)20-8-9)13(17)10-3-2-4-11(6-10)14(18)19/h5,8,10-11H,2-4,6-7H2,1H3,(H,18,19)/t10-,11-/m0/s1. The summed E-state index contributed by atoms with van der Waals surface area (Å²) >= 11 is 5.01. The summed E-state index contributed by atoms with van der Waals surface area (Å²) in [6.45, 7) is 0.579. The smallest absolute Gasteiger partial charge is 0.306 e. The Balaban J connectivity index is 1.94. The highest BCUT2D eigenvalue weighted by molar-refractivity contribution is 9.11. The van der Waals surface area contributed by atoms with Gasteiger partial charge in [0.25, 0.3) is 0 Å². The van der Waals surface area contributed by atoms with E-state index in [0.717, 1.165) is 22.2 Å². The number of carbonyl (C=O) groups excluding carboxylic acids is 1. The molecule has 0 saturated heterocycles. The van der Waals surface area contributed by atoms with Gasteiger partial charge in [-0.3, -0.25) is 9.59 Å². The van der Waals surface area contributed by atoms with Gasteiger partial charge in [-0.05, 0) is 52.2 Å². The van der Waals surface area contributed by atoms with Crippen LogP contribution >= 0.6 is 27.3 Å². The average molecular weight is 360 g/mol. The summed E-state index contributed by atoms with van der Waals surface area (Å²) < 4.78 is 1.05. The maximum atomic E-state index is 12.4. The summed E-state index contributed by atoms with van der Waals surface area (Å²) in [5.74, 6) is -1.21. The normalized spacial score (nSPS) is 22.5. The van der Waals surface area contributed by atoms with Crippen LogP contribution in [-0.4, -0.2) is 28.9 Å². The Hall–Kier alpha value is -0.880. The molecule has 0 radical (unpaired) electrons. The molecule has 2 rings (SSSR count). The molecule has 110 valence electrons. The molecular weight excluding hydrogens is 342 g/mol. The van der Waals surface area contributed by atoms with Crippen LogP contribution in [0.1, 0.15) is 31.2 Å². The van der Waals surface area contributed by atoms with Crippen molar-refractivity contribution in [2.24, 2.45) is 11.8 Å². The number of rotatable bonds is 4. The minimum Gasteiger partial charge on any atom is -0.481 e. The van der Waals surface area contributed by atoms with Crippen molar-refractivity contribution in [1.29, 1.82) is 0 Å². The SMILES string of the molecule is CN(Cc1csc(Br)c1)C(=O)[C@H]1CCC[C@H](C(=O)O)C1. The summed E-state index contributed by atoms with van der Waals surface area (Å²) in [6, 6.07) is 2.01. The zero-order valence-corrected chi connectivity index (χ0v) is 13.7. The molecule has 0 aliphatic heterocycles. The Bertz CT molecular complexity index is 502. The second-order valence-electron chi connectivity index (χ2n) is 5.35. The molecule has 1 saturated carbocycles. The number of hydrogen-bond acceptors (Lipinski definition) is 3. The quantitative estimate of drug-likeness (QED) is 0.896. The largest absolute Gasteiger partial charge is 0.481 e. The summed E-state index contributed by atoms with van der Waals surface area (Å²) in [4.78, 5) is 25.2. The molecule has 20 heavy (non-hydrogen) atoms. The fourth-order valence-electron chi connectivity index (χ4n) is 2.73. The van der Waals surface area contributed by atoms with Gasteiger partial charge in [0.05, 0.1) is 9.70 Å².